The lowest BCUT2D eigenvalue weighted by Gasteiger charge is -2.19. The van der Waals surface area contributed by atoms with Crippen molar-refractivity contribution in [2.45, 2.75) is 19.3 Å². The van der Waals surface area contributed by atoms with Gasteiger partial charge in [0.1, 0.15) is 0 Å². The number of hydrogen-bond donors (Lipinski definition) is 0. The number of methoxy groups -OCH3 is 6. The van der Waals surface area contributed by atoms with E-state index >= 15 is 0 Å². The Morgan fingerprint density at radius 3 is 1.30 bits per heavy atom. The first-order chi connectivity index (χ1) is 16.0. The van der Waals surface area contributed by atoms with Crippen molar-refractivity contribution in [1.82, 2.24) is 0 Å². The number of hydrogen-bond acceptors (Lipinski definition) is 7. The topological polar surface area (TPSA) is 72.5 Å². The van der Waals surface area contributed by atoms with Gasteiger partial charge in [-0.15, -0.1) is 0 Å². The van der Waals surface area contributed by atoms with Crippen molar-refractivity contribution in [3.8, 4) is 34.5 Å². The van der Waals surface area contributed by atoms with Crippen LogP contribution in [0.25, 0.3) is 12.2 Å². The van der Waals surface area contributed by atoms with E-state index in [4.69, 9.17) is 28.4 Å². The Balaban J connectivity index is 2.02. The number of ether oxygens (including phenoxy) is 6. The number of ketones is 1. The highest BCUT2D eigenvalue weighted by molar-refractivity contribution is 6.14. The number of carbonyl (C=O) groups excluding carboxylic acids is 1. The fourth-order valence-electron chi connectivity index (χ4n) is 4.03. The minimum absolute atomic E-state index is 0.00470. The Labute approximate surface area is 194 Å². The molecule has 0 N–H and O–H groups in total. The molecule has 0 amide bonds. The minimum atomic E-state index is -0.00470. The average Bonchev–Trinajstić information content (AvgIpc) is 2.85. The molecule has 3 rings (SSSR count). The molecule has 0 unspecified atom stereocenters. The summed E-state index contributed by atoms with van der Waals surface area (Å²) in [6, 6.07) is 7.31. The Kier molecular flexibility index (Phi) is 7.87. The van der Waals surface area contributed by atoms with Gasteiger partial charge in [0.25, 0.3) is 0 Å². The summed E-state index contributed by atoms with van der Waals surface area (Å²) < 4.78 is 32.8. The van der Waals surface area contributed by atoms with Gasteiger partial charge >= 0.3 is 0 Å². The molecule has 2 aromatic carbocycles. The van der Waals surface area contributed by atoms with Crippen molar-refractivity contribution in [2.24, 2.45) is 0 Å². The molecular weight excluding hydrogens is 424 g/mol. The molecular formula is C26H30O7. The van der Waals surface area contributed by atoms with Crippen LogP contribution in [0.5, 0.6) is 34.5 Å². The van der Waals surface area contributed by atoms with Crippen LogP contribution in [-0.2, 0) is 4.79 Å². The molecule has 0 saturated heterocycles. The molecule has 0 heterocycles. The van der Waals surface area contributed by atoms with Crippen molar-refractivity contribution >= 4 is 17.9 Å². The van der Waals surface area contributed by atoms with Gasteiger partial charge in [0.05, 0.1) is 42.7 Å². The molecule has 7 heteroatoms. The highest BCUT2D eigenvalue weighted by Crippen LogP contribution is 2.43. The van der Waals surface area contributed by atoms with Gasteiger partial charge < -0.3 is 28.4 Å². The highest BCUT2D eigenvalue weighted by Gasteiger charge is 2.24. The van der Waals surface area contributed by atoms with E-state index in [0.29, 0.717) is 58.5 Å². The molecule has 7 nitrogen and oxygen atoms in total. The molecule has 0 bridgehead atoms. The van der Waals surface area contributed by atoms with Gasteiger partial charge in [-0.25, -0.2) is 0 Å². The van der Waals surface area contributed by atoms with Gasteiger partial charge in [0, 0.05) is 22.3 Å². The number of carbonyl (C=O) groups is 1. The molecule has 1 aliphatic carbocycles. The summed E-state index contributed by atoms with van der Waals surface area (Å²) >= 11 is 0. The maximum atomic E-state index is 13.4. The third-order valence-corrected chi connectivity index (χ3v) is 5.60. The van der Waals surface area contributed by atoms with Crippen molar-refractivity contribution in [3.05, 3.63) is 46.5 Å². The van der Waals surface area contributed by atoms with Gasteiger partial charge in [-0.3, -0.25) is 4.79 Å². The van der Waals surface area contributed by atoms with Gasteiger partial charge in [0.15, 0.2) is 28.8 Å². The summed E-state index contributed by atoms with van der Waals surface area (Å²) in [6.45, 7) is 0. The van der Waals surface area contributed by atoms with Crippen molar-refractivity contribution in [3.63, 3.8) is 0 Å². The smallest absolute Gasteiger partial charge is 0.203 e. The predicted octanol–water partition coefficient (Wildman–Crippen LogP) is 4.96. The van der Waals surface area contributed by atoms with E-state index in [-0.39, 0.29) is 5.78 Å². The first-order valence-electron chi connectivity index (χ1n) is 10.6. The number of benzene rings is 2. The van der Waals surface area contributed by atoms with Crippen LogP contribution in [0.4, 0.5) is 0 Å². The molecule has 0 aliphatic heterocycles. The normalized spacial score (nSPS) is 16.0. The van der Waals surface area contributed by atoms with Crippen molar-refractivity contribution in [1.29, 1.82) is 0 Å². The van der Waals surface area contributed by atoms with E-state index in [2.05, 4.69) is 0 Å². The average molecular weight is 455 g/mol. The molecule has 0 radical (unpaired) electrons. The lowest BCUT2D eigenvalue weighted by molar-refractivity contribution is -0.112. The fourth-order valence-corrected chi connectivity index (χ4v) is 4.03. The van der Waals surface area contributed by atoms with E-state index in [1.165, 1.54) is 0 Å². The minimum Gasteiger partial charge on any atom is -0.493 e. The van der Waals surface area contributed by atoms with E-state index in [1.54, 1.807) is 54.8 Å². The van der Waals surface area contributed by atoms with Gasteiger partial charge in [0.2, 0.25) is 11.5 Å². The SMILES string of the molecule is COc1ccc(/C=C2/CCC/C(=C\c3ccc(OC)c(OC)c3OC)C2=O)c(OC)c1OC. The summed E-state index contributed by atoms with van der Waals surface area (Å²) in [5.74, 6) is 3.15. The van der Waals surface area contributed by atoms with E-state index in [0.717, 1.165) is 17.5 Å². The zero-order chi connectivity index (χ0) is 24.0. The van der Waals surface area contributed by atoms with Crippen LogP contribution < -0.4 is 28.4 Å². The highest BCUT2D eigenvalue weighted by atomic mass is 16.5. The summed E-state index contributed by atoms with van der Waals surface area (Å²) in [6.07, 6.45) is 5.94. The fraction of sp³-hybridized carbons (Fsp3) is 0.346. The van der Waals surface area contributed by atoms with Crippen LogP contribution in [0.1, 0.15) is 30.4 Å². The van der Waals surface area contributed by atoms with Gasteiger partial charge in [-0.1, -0.05) is 0 Å². The Bertz CT molecular complexity index is 999. The maximum Gasteiger partial charge on any atom is 0.203 e. The number of Topliss-reactive ketones (excluding diaryl/α,β-unsaturated/α-hetero) is 1. The second-order valence-corrected chi connectivity index (χ2v) is 7.37. The third kappa shape index (κ3) is 4.77. The largest absolute Gasteiger partial charge is 0.493 e. The second kappa shape index (κ2) is 10.8. The monoisotopic (exact) mass is 454 g/mol. The van der Waals surface area contributed by atoms with Crippen LogP contribution in [0.3, 0.4) is 0 Å². The zero-order valence-corrected chi connectivity index (χ0v) is 19.9. The first-order valence-corrected chi connectivity index (χ1v) is 10.6. The molecule has 1 fully saturated rings. The van der Waals surface area contributed by atoms with E-state index < -0.39 is 0 Å². The lowest BCUT2D eigenvalue weighted by Crippen LogP contribution is -2.12. The van der Waals surface area contributed by atoms with Gasteiger partial charge in [-0.05, 0) is 55.7 Å². The first kappa shape index (κ1) is 24.0. The van der Waals surface area contributed by atoms with Crippen LogP contribution in [0, 0.1) is 0 Å². The van der Waals surface area contributed by atoms with Crippen LogP contribution in [-0.4, -0.2) is 48.4 Å². The molecule has 1 saturated carbocycles. The Morgan fingerprint density at radius 2 is 0.970 bits per heavy atom. The summed E-state index contributed by atoms with van der Waals surface area (Å²) in [7, 11) is 9.38. The predicted molar refractivity (Wildman–Crippen MR) is 127 cm³/mol. The summed E-state index contributed by atoms with van der Waals surface area (Å²) in [4.78, 5) is 13.4. The standard InChI is InChI=1S/C26H30O7/c1-28-20-12-10-18(23(30-3)25(20)32-5)14-16-8-7-9-17(22(16)27)15-19-11-13-21(29-2)26(33-6)24(19)31-4/h10-15H,7-9H2,1-6H3/b16-14-,17-15+. The molecule has 0 spiro atoms. The maximum absolute atomic E-state index is 13.4. The van der Waals surface area contributed by atoms with Crippen LogP contribution >= 0.6 is 0 Å². The van der Waals surface area contributed by atoms with E-state index in [1.807, 2.05) is 24.3 Å². The van der Waals surface area contributed by atoms with Crippen LogP contribution in [0.15, 0.2) is 35.4 Å². The lowest BCUT2D eigenvalue weighted by atomic mass is 9.86. The second-order valence-electron chi connectivity index (χ2n) is 7.37. The molecule has 1 aliphatic rings. The molecule has 33 heavy (non-hydrogen) atoms. The zero-order valence-electron chi connectivity index (χ0n) is 19.9. The molecule has 0 atom stereocenters. The van der Waals surface area contributed by atoms with Gasteiger partial charge in [-0.2, -0.15) is 0 Å². The number of rotatable bonds is 8. The molecule has 0 aromatic heterocycles. The van der Waals surface area contributed by atoms with Crippen molar-refractivity contribution in [2.75, 3.05) is 42.7 Å². The third-order valence-electron chi connectivity index (χ3n) is 5.60. The quantitative estimate of drug-likeness (QED) is 0.522. The molecule has 2 aromatic rings. The Morgan fingerprint density at radius 1 is 0.576 bits per heavy atom. The summed E-state index contributed by atoms with van der Waals surface area (Å²) in [5.41, 5.74) is 2.92. The summed E-state index contributed by atoms with van der Waals surface area (Å²) in [5, 5.41) is 0. The Hall–Kier alpha value is -3.61. The van der Waals surface area contributed by atoms with E-state index in [9.17, 15) is 4.79 Å². The number of allylic oxidation sites excluding steroid dienone is 2. The van der Waals surface area contributed by atoms with Crippen molar-refractivity contribution < 1.29 is 33.2 Å². The van der Waals surface area contributed by atoms with Crippen LogP contribution in [0.2, 0.25) is 0 Å². The molecule has 176 valence electrons.